The predicted molar refractivity (Wildman–Crippen MR) is 137 cm³/mol. The van der Waals surface area contributed by atoms with Crippen LogP contribution in [0.4, 0.5) is 0 Å². The lowest BCUT2D eigenvalue weighted by Gasteiger charge is -2.29. The molecule has 0 aromatic heterocycles. The first-order chi connectivity index (χ1) is 16.8. The van der Waals surface area contributed by atoms with Gasteiger partial charge in [-0.05, 0) is 67.8 Å². The highest BCUT2D eigenvalue weighted by Gasteiger charge is 2.28. The van der Waals surface area contributed by atoms with Crippen molar-refractivity contribution in [3.05, 3.63) is 94.5 Å². The molecule has 6 nitrogen and oxygen atoms in total. The van der Waals surface area contributed by atoms with Crippen LogP contribution < -0.4 is 14.8 Å². The second-order valence-corrected chi connectivity index (χ2v) is 9.28. The molecule has 3 aromatic rings. The molecular weight excluding hydrogens is 440 g/mol. The summed E-state index contributed by atoms with van der Waals surface area (Å²) in [6.45, 7) is 4.52. The first kappa shape index (κ1) is 24.2. The molecule has 0 atom stereocenters. The maximum Gasteiger partial charge on any atom is 0.251 e. The van der Waals surface area contributed by atoms with E-state index in [9.17, 15) is 9.59 Å². The highest BCUT2D eigenvalue weighted by atomic mass is 16.5. The molecule has 1 N–H and O–H groups in total. The third kappa shape index (κ3) is 5.77. The fourth-order valence-electron chi connectivity index (χ4n) is 4.29. The fourth-order valence-corrected chi connectivity index (χ4v) is 4.29. The number of ketones is 1. The van der Waals surface area contributed by atoms with E-state index in [4.69, 9.17) is 14.5 Å². The van der Waals surface area contributed by atoms with Crippen molar-refractivity contribution in [3.63, 3.8) is 0 Å². The Kier molecular flexibility index (Phi) is 7.01. The number of aliphatic imine (C=N–C) groups is 1. The summed E-state index contributed by atoms with van der Waals surface area (Å²) in [7, 11) is 3.24. The van der Waals surface area contributed by atoms with Crippen molar-refractivity contribution in [2.24, 2.45) is 4.99 Å². The summed E-state index contributed by atoms with van der Waals surface area (Å²) in [5.41, 5.74) is 4.44. The fraction of sp³-hybridized carbons (Fsp3) is 0.276. The Balaban J connectivity index is 1.48. The van der Waals surface area contributed by atoms with E-state index in [0.29, 0.717) is 17.7 Å². The molecule has 180 valence electrons. The Morgan fingerprint density at radius 2 is 1.60 bits per heavy atom. The standard InChI is InChI=1S/C29H30N2O4/c1-29(2)17-22-10-13-24(35-4)15-25(22)26(31-29)16-27(32)20-6-5-7-21(14-20)28(33)30-18-19-8-11-23(34-3)12-9-19/h5-15H,16-18H2,1-4H3,(H,30,33). The maximum absolute atomic E-state index is 13.2. The zero-order chi connectivity index (χ0) is 25.0. The number of nitrogens with zero attached hydrogens (tertiary/aromatic N) is 1. The van der Waals surface area contributed by atoms with Gasteiger partial charge in [-0.25, -0.2) is 0 Å². The molecule has 0 bridgehead atoms. The molecule has 0 unspecified atom stereocenters. The van der Waals surface area contributed by atoms with Crippen LogP contribution in [-0.4, -0.2) is 37.2 Å². The number of carbonyl (C=O) groups excluding carboxylic acids is 2. The van der Waals surface area contributed by atoms with Gasteiger partial charge in [-0.15, -0.1) is 0 Å². The molecule has 0 fully saturated rings. The van der Waals surface area contributed by atoms with Crippen molar-refractivity contribution < 1.29 is 19.1 Å². The summed E-state index contributed by atoms with van der Waals surface area (Å²) in [5, 5.41) is 2.91. The molecule has 0 radical (unpaired) electrons. The van der Waals surface area contributed by atoms with Crippen LogP contribution in [0, 0.1) is 0 Å². The first-order valence-electron chi connectivity index (χ1n) is 11.6. The van der Waals surface area contributed by atoms with Crippen LogP contribution in [0.15, 0.2) is 71.7 Å². The molecule has 1 aliphatic heterocycles. The Bertz CT molecular complexity index is 1280. The SMILES string of the molecule is COc1ccc(CNC(=O)c2cccc(C(=O)CC3=NC(C)(C)Cc4ccc(OC)cc43)c2)cc1. The smallest absolute Gasteiger partial charge is 0.251 e. The van der Waals surface area contributed by atoms with E-state index in [1.54, 1.807) is 38.5 Å². The Morgan fingerprint density at radius 3 is 2.31 bits per heavy atom. The average Bonchev–Trinajstić information content (AvgIpc) is 2.86. The van der Waals surface area contributed by atoms with Crippen molar-refractivity contribution in [3.8, 4) is 11.5 Å². The molecule has 0 aliphatic carbocycles. The van der Waals surface area contributed by atoms with Gasteiger partial charge in [-0.1, -0.05) is 30.3 Å². The van der Waals surface area contributed by atoms with Crippen molar-refractivity contribution >= 4 is 17.4 Å². The number of ether oxygens (including phenoxy) is 2. The van der Waals surface area contributed by atoms with Gasteiger partial charge in [0, 0.05) is 23.2 Å². The van der Waals surface area contributed by atoms with Gasteiger partial charge in [-0.2, -0.15) is 0 Å². The van der Waals surface area contributed by atoms with E-state index >= 15 is 0 Å². The van der Waals surface area contributed by atoms with Crippen LogP contribution in [-0.2, 0) is 13.0 Å². The number of hydrogen-bond acceptors (Lipinski definition) is 5. The number of amides is 1. The Hall–Kier alpha value is -3.93. The lowest BCUT2D eigenvalue weighted by atomic mass is 9.85. The van der Waals surface area contributed by atoms with Gasteiger partial charge in [0.2, 0.25) is 0 Å². The number of benzene rings is 3. The van der Waals surface area contributed by atoms with Gasteiger partial charge in [0.25, 0.3) is 5.91 Å². The normalized spacial score (nSPS) is 13.9. The van der Waals surface area contributed by atoms with Gasteiger partial charge in [0.1, 0.15) is 11.5 Å². The van der Waals surface area contributed by atoms with E-state index in [-0.39, 0.29) is 23.7 Å². The molecule has 0 spiro atoms. The lowest BCUT2D eigenvalue weighted by Crippen LogP contribution is -2.30. The molecule has 1 heterocycles. The number of fused-ring (bicyclic) bond motifs is 1. The van der Waals surface area contributed by atoms with E-state index in [1.165, 1.54) is 0 Å². The minimum absolute atomic E-state index is 0.0833. The second kappa shape index (κ2) is 10.1. The summed E-state index contributed by atoms with van der Waals surface area (Å²) in [4.78, 5) is 30.9. The molecule has 35 heavy (non-hydrogen) atoms. The summed E-state index contributed by atoms with van der Waals surface area (Å²) in [5.74, 6) is 1.18. The third-order valence-corrected chi connectivity index (χ3v) is 6.08. The largest absolute Gasteiger partial charge is 0.497 e. The van der Waals surface area contributed by atoms with Crippen LogP contribution in [0.5, 0.6) is 11.5 Å². The summed E-state index contributed by atoms with van der Waals surface area (Å²) >= 11 is 0. The third-order valence-electron chi connectivity index (χ3n) is 6.08. The molecule has 0 saturated carbocycles. The maximum atomic E-state index is 13.2. The van der Waals surface area contributed by atoms with Gasteiger partial charge in [0.15, 0.2) is 5.78 Å². The number of carbonyl (C=O) groups is 2. The van der Waals surface area contributed by atoms with Crippen molar-refractivity contribution in [1.29, 1.82) is 0 Å². The molecule has 3 aromatic carbocycles. The molecule has 0 saturated heterocycles. The number of rotatable bonds is 8. The first-order valence-corrected chi connectivity index (χ1v) is 11.6. The minimum atomic E-state index is -0.291. The number of nitrogens with one attached hydrogen (secondary N) is 1. The monoisotopic (exact) mass is 470 g/mol. The predicted octanol–water partition coefficient (Wildman–Crippen LogP) is 5.03. The highest BCUT2D eigenvalue weighted by molar-refractivity contribution is 6.17. The van der Waals surface area contributed by atoms with Crippen LogP contribution in [0.2, 0.25) is 0 Å². The average molecular weight is 471 g/mol. The number of methoxy groups -OCH3 is 2. The molecule has 1 amide bonds. The highest BCUT2D eigenvalue weighted by Crippen LogP contribution is 2.31. The Labute approximate surface area is 206 Å². The van der Waals surface area contributed by atoms with Gasteiger partial charge >= 0.3 is 0 Å². The number of Topliss-reactive ketones (excluding diaryl/α,β-unsaturated/α-hetero) is 1. The topological polar surface area (TPSA) is 77.0 Å². The van der Waals surface area contributed by atoms with Gasteiger partial charge in [0.05, 0.1) is 31.9 Å². The molecular formula is C29H30N2O4. The number of hydrogen-bond donors (Lipinski definition) is 1. The van der Waals surface area contributed by atoms with E-state index in [0.717, 1.165) is 40.3 Å². The summed E-state index contributed by atoms with van der Waals surface area (Å²) < 4.78 is 10.6. The zero-order valence-electron chi connectivity index (χ0n) is 20.6. The molecule has 6 heteroatoms. The Morgan fingerprint density at radius 1 is 0.914 bits per heavy atom. The van der Waals surface area contributed by atoms with Crippen molar-refractivity contribution in [2.75, 3.05) is 14.2 Å². The lowest BCUT2D eigenvalue weighted by molar-refractivity contribution is 0.0951. The quantitative estimate of drug-likeness (QED) is 0.469. The van der Waals surface area contributed by atoms with Crippen LogP contribution >= 0.6 is 0 Å². The van der Waals surface area contributed by atoms with Crippen LogP contribution in [0.3, 0.4) is 0 Å². The van der Waals surface area contributed by atoms with Gasteiger partial charge in [-0.3, -0.25) is 14.6 Å². The van der Waals surface area contributed by atoms with Crippen molar-refractivity contribution in [1.82, 2.24) is 5.32 Å². The second-order valence-electron chi connectivity index (χ2n) is 9.28. The molecule has 4 rings (SSSR count). The van der Waals surface area contributed by atoms with E-state index in [1.807, 2.05) is 42.5 Å². The molecule has 1 aliphatic rings. The zero-order valence-corrected chi connectivity index (χ0v) is 20.6. The summed E-state index contributed by atoms with van der Waals surface area (Å²) in [6, 6.07) is 20.3. The van der Waals surface area contributed by atoms with E-state index in [2.05, 4.69) is 19.2 Å². The van der Waals surface area contributed by atoms with Crippen LogP contribution in [0.25, 0.3) is 0 Å². The van der Waals surface area contributed by atoms with Crippen molar-refractivity contribution in [2.45, 2.75) is 38.8 Å². The van der Waals surface area contributed by atoms with Gasteiger partial charge < -0.3 is 14.8 Å². The minimum Gasteiger partial charge on any atom is -0.497 e. The van der Waals surface area contributed by atoms with E-state index < -0.39 is 0 Å². The summed E-state index contributed by atoms with van der Waals surface area (Å²) in [6.07, 6.45) is 0.953. The van der Waals surface area contributed by atoms with Crippen LogP contribution in [0.1, 0.15) is 57.7 Å².